The summed E-state index contributed by atoms with van der Waals surface area (Å²) < 4.78 is 169. The van der Waals surface area contributed by atoms with E-state index in [1.54, 1.807) is 0 Å². The number of ether oxygens (including phenoxy) is 1. The van der Waals surface area contributed by atoms with Gasteiger partial charge in [0.2, 0.25) is 15.3 Å². The van der Waals surface area contributed by atoms with Crippen LogP contribution in [0.1, 0.15) is 31.2 Å². The molecule has 2 aliphatic rings. The molecule has 42 heavy (non-hydrogen) atoms. The Morgan fingerprint density at radius 1 is 1.05 bits per heavy atom. The first-order valence-electron chi connectivity index (χ1n) is 12.1. The quantitative estimate of drug-likeness (QED) is 0.333. The molecule has 0 radical (unpaired) electrons. The number of hydrogen-bond donors (Lipinski definition) is 1. The molecule has 1 heterocycles. The van der Waals surface area contributed by atoms with Crippen LogP contribution in [0.5, 0.6) is 5.75 Å². The first-order chi connectivity index (χ1) is 19.2. The van der Waals surface area contributed by atoms with Crippen molar-refractivity contribution in [3.8, 4) is 5.75 Å². The van der Waals surface area contributed by atoms with Crippen molar-refractivity contribution in [3.05, 3.63) is 47.8 Å². The van der Waals surface area contributed by atoms with Gasteiger partial charge in [-0.3, -0.25) is 4.79 Å². The zero-order valence-electron chi connectivity index (χ0n) is 21.1. The zero-order chi connectivity index (χ0) is 31.5. The van der Waals surface area contributed by atoms with Gasteiger partial charge < -0.3 is 14.7 Å². The van der Waals surface area contributed by atoms with Gasteiger partial charge in [0.05, 0.1) is 16.1 Å². The van der Waals surface area contributed by atoms with Crippen LogP contribution in [0.3, 0.4) is 0 Å². The Balaban J connectivity index is 1.87. The molecule has 2 atom stereocenters. The minimum atomic E-state index is -5.32. The minimum absolute atomic E-state index is 0.178. The van der Waals surface area contributed by atoms with Gasteiger partial charge in [-0.15, -0.1) is 0 Å². The first kappa shape index (κ1) is 31.7. The Bertz CT molecular complexity index is 1450. The molecule has 1 saturated carbocycles. The molecular weight excluding hydrogens is 616 g/mol. The van der Waals surface area contributed by atoms with E-state index in [4.69, 9.17) is 4.74 Å². The number of halogens is 10. The van der Waals surface area contributed by atoms with Gasteiger partial charge in [0.15, 0.2) is 0 Å². The topological polar surface area (TPSA) is 83.9 Å². The number of benzene rings is 2. The number of anilines is 2. The van der Waals surface area contributed by atoms with E-state index < -0.39 is 117 Å². The van der Waals surface area contributed by atoms with Crippen LogP contribution in [-0.4, -0.2) is 50.2 Å². The molecule has 0 saturated heterocycles. The SMILES string of the molecule is O=C(O)C1(COc2cc3c(cc2C(F)(F)F)N(c2ccc(F)cc2)C[C@@H](CCC(F)(F)F)[C@@H](F)S3(=O)=O)CC(F)(F)C1. The van der Waals surface area contributed by atoms with Crippen LogP contribution in [0.4, 0.5) is 55.3 Å². The molecule has 1 fully saturated rings. The summed E-state index contributed by atoms with van der Waals surface area (Å²) in [6, 6.07) is 4.15. The van der Waals surface area contributed by atoms with Gasteiger partial charge in [-0.2, -0.15) is 26.3 Å². The number of carbonyl (C=O) groups is 1. The number of rotatable bonds is 7. The number of fused-ring (bicyclic) bond motifs is 1. The van der Waals surface area contributed by atoms with Crippen LogP contribution >= 0.6 is 0 Å². The van der Waals surface area contributed by atoms with Gasteiger partial charge in [-0.05, 0) is 36.8 Å². The van der Waals surface area contributed by atoms with Gasteiger partial charge in [0.1, 0.15) is 23.6 Å². The van der Waals surface area contributed by atoms with E-state index >= 15 is 4.39 Å². The van der Waals surface area contributed by atoms with Gasteiger partial charge in [-0.25, -0.2) is 26.0 Å². The zero-order valence-corrected chi connectivity index (χ0v) is 21.9. The highest BCUT2D eigenvalue weighted by Crippen LogP contribution is 2.53. The lowest BCUT2D eigenvalue weighted by Gasteiger charge is -2.43. The average molecular weight is 637 g/mol. The number of alkyl halides is 9. The highest BCUT2D eigenvalue weighted by Gasteiger charge is 2.62. The van der Waals surface area contributed by atoms with E-state index in [-0.39, 0.29) is 17.8 Å². The lowest BCUT2D eigenvalue weighted by atomic mass is 9.66. The van der Waals surface area contributed by atoms with Crippen molar-refractivity contribution in [3.63, 3.8) is 0 Å². The molecule has 1 N–H and O–H groups in total. The van der Waals surface area contributed by atoms with E-state index in [9.17, 15) is 57.8 Å². The molecule has 6 nitrogen and oxygen atoms in total. The van der Waals surface area contributed by atoms with Crippen molar-refractivity contribution in [2.24, 2.45) is 11.3 Å². The number of carboxylic acids is 1. The van der Waals surface area contributed by atoms with E-state index in [0.717, 1.165) is 29.2 Å². The predicted molar refractivity (Wildman–Crippen MR) is 125 cm³/mol. The third-order valence-electron chi connectivity index (χ3n) is 7.14. The normalized spacial score (nSPS) is 23.0. The largest absolute Gasteiger partial charge is 0.492 e. The Kier molecular flexibility index (Phi) is 7.91. The molecule has 4 rings (SSSR count). The lowest BCUT2D eigenvalue weighted by molar-refractivity contribution is -0.200. The lowest BCUT2D eigenvalue weighted by Crippen LogP contribution is -2.54. The number of carboxylic acid groups (broad SMARTS) is 1. The second-order valence-corrected chi connectivity index (χ2v) is 12.3. The Morgan fingerprint density at radius 2 is 1.64 bits per heavy atom. The summed E-state index contributed by atoms with van der Waals surface area (Å²) in [4.78, 5) is 11.3. The fraction of sp³-hybridized carbons (Fsp3) is 0.480. The summed E-state index contributed by atoms with van der Waals surface area (Å²) in [6.07, 6.45) is -15.4. The van der Waals surface area contributed by atoms with Crippen molar-refractivity contribution < 1.29 is 67.0 Å². The van der Waals surface area contributed by atoms with E-state index in [1.165, 1.54) is 0 Å². The maximum absolute atomic E-state index is 15.5. The fourth-order valence-electron chi connectivity index (χ4n) is 5.03. The molecule has 2 aromatic carbocycles. The maximum atomic E-state index is 15.5. The average Bonchev–Trinajstić information content (AvgIpc) is 2.92. The van der Waals surface area contributed by atoms with Crippen molar-refractivity contribution in [1.82, 2.24) is 0 Å². The maximum Gasteiger partial charge on any atom is 0.420 e. The monoisotopic (exact) mass is 637 g/mol. The summed E-state index contributed by atoms with van der Waals surface area (Å²) in [5, 5.41) is 9.39. The first-order valence-corrected chi connectivity index (χ1v) is 13.7. The summed E-state index contributed by atoms with van der Waals surface area (Å²) in [6.45, 7) is -2.08. The van der Waals surface area contributed by atoms with Crippen molar-refractivity contribution >= 4 is 27.2 Å². The Labute approximate surface area is 231 Å². The van der Waals surface area contributed by atoms with Crippen LogP contribution in [0.15, 0.2) is 41.3 Å². The Morgan fingerprint density at radius 3 is 2.14 bits per heavy atom. The van der Waals surface area contributed by atoms with Crippen LogP contribution in [0, 0.1) is 17.2 Å². The van der Waals surface area contributed by atoms with Gasteiger partial charge >= 0.3 is 18.3 Å². The van der Waals surface area contributed by atoms with Crippen LogP contribution in [-0.2, 0) is 20.8 Å². The second kappa shape index (κ2) is 10.5. The summed E-state index contributed by atoms with van der Waals surface area (Å²) in [5.74, 6) is -9.29. The third kappa shape index (κ3) is 6.24. The molecule has 232 valence electrons. The molecule has 0 bridgehead atoms. The molecule has 1 aliphatic carbocycles. The van der Waals surface area contributed by atoms with Crippen LogP contribution < -0.4 is 9.64 Å². The van der Waals surface area contributed by atoms with Crippen molar-refractivity contribution in [2.75, 3.05) is 18.1 Å². The van der Waals surface area contributed by atoms with Crippen molar-refractivity contribution in [2.45, 2.75) is 54.4 Å². The summed E-state index contributed by atoms with van der Waals surface area (Å²) in [5.41, 5.74) is -8.03. The van der Waals surface area contributed by atoms with Gasteiger partial charge in [-0.1, -0.05) is 0 Å². The van der Waals surface area contributed by atoms with Crippen molar-refractivity contribution in [1.29, 1.82) is 0 Å². The molecule has 0 spiro atoms. The number of sulfone groups is 1. The number of nitrogens with zero attached hydrogens (tertiary/aromatic N) is 1. The molecule has 17 heteroatoms. The molecular formula is C25H21F10NO5S. The Hall–Kier alpha value is -3.24. The molecule has 0 aromatic heterocycles. The molecule has 0 unspecified atom stereocenters. The molecule has 2 aromatic rings. The standard InChI is InChI=1S/C25H21F10NO5S/c26-14-1-3-15(4-2-14)36-9-13(5-6-24(30,31)32)20(27)42(39,40)19-8-18(16(7-17(19)36)25(33,34)35)41-12-22(21(37)38)10-23(28,29)11-22/h1-4,7-8,13,20H,5-6,9-12H2,(H,37,38)/t13-,20+/m1/s1. The fourth-order valence-corrected chi connectivity index (χ4v) is 6.73. The smallest absolute Gasteiger partial charge is 0.420 e. The molecule has 0 amide bonds. The summed E-state index contributed by atoms with van der Waals surface area (Å²) in [7, 11) is -5.32. The van der Waals surface area contributed by atoms with E-state index in [0.29, 0.717) is 0 Å². The number of hydrogen-bond acceptors (Lipinski definition) is 5. The van der Waals surface area contributed by atoms with Crippen LogP contribution in [0.2, 0.25) is 0 Å². The van der Waals surface area contributed by atoms with Gasteiger partial charge in [0.25, 0.3) is 5.92 Å². The van der Waals surface area contributed by atoms with E-state index in [2.05, 4.69) is 0 Å². The highest BCUT2D eigenvalue weighted by atomic mass is 32.2. The summed E-state index contributed by atoms with van der Waals surface area (Å²) >= 11 is 0. The molecule has 1 aliphatic heterocycles. The van der Waals surface area contributed by atoms with Gasteiger partial charge in [0, 0.05) is 43.5 Å². The number of aliphatic carboxylic acids is 1. The predicted octanol–water partition coefficient (Wildman–Crippen LogP) is 6.90. The van der Waals surface area contributed by atoms with E-state index in [1.807, 2.05) is 0 Å². The highest BCUT2D eigenvalue weighted by molar-refractivity contribution is 7.92. The second-order valence-electron chi connectivity index (χ2n) is 10.3. The third-order valence-corrected chi connectivity index (χ3v) is 9.05. The minimum Gasteiger partial charge on any atom is -0.492 e. The van der Waals surface area contributed by atoms with Crippen LogP contribution in [0.25, 0.3) is 0 Å².